The van der Waals surface area contributed by atoms with Gasteiger partial charge in [0.25, 0.3) is 5.91 Å². The van der Waals surface area contributed by atoms with Crippen molar-refractivity contribution in [2.24, 2.45) is 5.10 Å². The smallest absolute Gasteiger partial charge is 0.267 e. The van der Waals surface area contributed by atoms with E-state index in [9.17, 15) is 9.59 Å². The number of rotatable bonds is 3. The number of hydrogen-bond donors (Lipinski definition) is 2. The van der Waals surface area contributed by atoms with Crippen LogP contribution in [0.1, 0.15) is 12.8 Å². The van der Waals surface area contributed by atoms with Crippen LogP contribution in [0.4, 0.5) is 0 Å². The van der Waals surface area contributed by atoms with Crippen molar-refractivity contribution >= 4 is 17.5 Å². The predicted molar refractivity (Wildman–Crippen MR) is 58.4 cm³/mol. The average molecular weight is 241 g/mol. The highest BCUT2D eigenvalue weighted by Crippen LogP contribution is 2.01. The van der Waals surface area contributed by atoms with Crippen LogP contribution in [0.2, 0.25) is 0 Å². The maximum atomic E-state index is 11.7. The fraction of sp³-hybridized carbons (Fsp3) is 0.700. The summed E-state index contributed by atoms with van der Waals surface area (Å²) < 4.78 is 10.6. The second-order valence-corrected chi connectivity index (χ2v) is 3.87. The number of carbonyl (C=O) groups is 2. The van der Waals surface area contributed by atoms with E-state index in [1.54, 1.807) is 0 Å². The van der Waals surface area contributed by atoms with Gasteiger partial charge in [0.2, 0.25) is 5.91 Å². The van der Waals surface area contributed by atoms with Crippen molar-refractivity contribution in [1.82, 2.24) is 10.7 Å². The zero-order valence-corrected chi connectivity index (χ0v) is 9.40. The van der Waals surface area contributed by atoms with Crippen molar-refractivity contribution in [2.45, 2.75) is 18.9 Å². The SMILES string of the molecule is O=C1CCC(C(=O)NCC2COCCO2)=NN1. The molecular formula is C10H15N3O4. The van der Waals surface area contributed by atoms with Gasteiger partial charge in [-0.05, 0) is 0 Å². The van der Waals surface area contributed by atoms with Crippen molar-refractivity contribution in [2.75, 3.05) is 26.4 Å². The molecule has 2 amide bonds. The van der Waals surface area contributed by atoms with Crippen LogP contribution in [0.15, 0.2) is 5.10 Å². The first-order chi connectivity index (χ1) is 8.25. The Kier molecular flexibility index (Phi) is 4.05. The Hall–Kier alpha value is -1.47. The van der Waals surface area contributed by atoms with Gasteiger partial charge in [0.05, 0.1) is 25.9 Å². The van der Waals surface area contributed by atoms with Gasteiger partial charge in [-0.3, -0.25) is 9.59 Å². The molecular weight excluding hydrogens is 226 g/mol. The summed E-state index contributed by atoms with van der Waals surface area (Å²) in [6, 6.07) is 0. The fourth-order valence-corrected chi connectivity index (χ4v) is 1.60. The van der Waals surface area contributed by atoms with Crippen molar-refractivity contribution in [1.29, 1.82) is 0 Å². The molecule has 1 fully saturated rings. The second-order valence-electron chi connectivity index (χ2n) is 3.87. The highest BCUT2D eigenvalue weighted by Gasteiger charge is 2.20. The number of nitrogens with zero attached hydrogens (tertiary/aromatic N) is 1. The van der Waals surface area contributed by atoms with Crippen LogP contribution in [-0.4, -0.2) is 50.0 Å². The van der Waals surface area contributed by atoms with Crippen LogP contribution in [0, 0.1) is 0 Å². The molecule has 0 spiro atoms. The molecule has 0 aliphatic carbocycles. The third-order valence-corrected chi connectivity index (χ3v) is 2.54. The van der Waals surface area contributed by atoms with E-state index in [0.717, 1.165) is 0 Å². The van der Waals surface area contributed by atoms with Crippen LogP contribution in [0.25, 0.3) is 0 Å². The van der Waals surface area contributed by atoms with Gasteiger partial charge in [-0.15, -0.1) is 0 Å². The molecule has 1 atom stereocenters. The lowest BCUT2D eigenvalue weighted by molar-refractivity contribution is -0.121. The molecule has 1 saturated heterocycles. The minimum atomic E-state index is -0.265. The quantitative estimate of drug-likeness (QED) is 0.648. The molecule has 2 aliphatic rings. The maximum absolute atomic E-state index is 11.7. The first kappa shape index (κ1) is 12.0. The summed E-state index contributed by atoms with van der Waals surface area (Å²) in [7, 11) is 0. The minimum Gasteiger partial charge on any atom is -0.376 e. The third kappa shape index (κ3) is 3.50. The summed E-state index contributed by atoms with van der Waals surface area (Å²) in [5.74, 6) is -0.426. The number of carbonyl (C=O) groups excluding carboxylic acids is 2. The maximum Gasteiger partial charge on any atom is 0.267 e. The Morgan fingerprint density at radius 2 is 2.35 bits per heavy atom. The lowest BCUT2D eigenvalue weighted by Crippen LogP contribution is -2.43. The van der Waals surface area contributed by atoms with Crippen LogP contribution in [0.5, 0.6) is 0 Å². The zero-order chi connectivity index (χ0) is 12.1. The predicted octanol–water partition coefficient (Wildman–Crippen LogP) is -1.22. The molecule has 2 N–H and O–H groups in total. The summed E-state index contributed by atoms with van der Waals surface area (Å²) in [4.78, 5) is 22.5. The normalized spacial score (nSPS) is 24.8. The Labute approximate surface area is 98.5 Å². The second kappa shape index (κ2) is 5.74. The van der Waals surface area contributed by atoms with Gasteiger partial charge in [-0.2, -0.15) is 5.10 Å². The summed E-state index contributed by atoms with van der Waals surface area (Å²) in [6.07, 6.45) is 0.570. The molecule has 0 bridgehead atoms. The summed E-state index contributed by atoms with van der Waals surface area (Å²) in [5.41, 5.74) is 2.63. The fourth-order valence-electron chi connectivity index (χ4n) is 1.60. The molecule has 2 heterocycles. The molecule has 94 valence electrons. The van der Waals surface area contributed by atoms with Crippen LogP contribution in [-0.2, 0) is 19.1 Å². The van der Waals surface area contributed by atoms with E-state index in [1.807, 2.05) is 0 Å². The third-order valence-electron chi connectivity index (χ3n) is 2.54. The Morgan fingerprint density at radius 3 is 3.00 bits per heavy atom. The first-order valence-electron chi connectivity index (χ1n) is 5.58. The number of hydrazone groups is 1. The van der Waals surface area contributed by atoms with Gasteiger partial charge < -0.3 is 14.8 Å². The highest BCUT2D eigenvalue weighted by atomic mass is 16.6. The molecule has 2 rings (SSSR count). The van der Waals surface area contributed by atoms with Gasteiger partial charge in [0, 0.05) is 19.4 Å². The van der Waals surface area contributed by atoms with E-state index >= 15 is 0 Å². The van der Waals surface area contributed by atoms with Gasteiger partial charge >= 0.3 is 0 Å². The van der Waals surface area contributed by atoms with Crippen molar-refractivity contribution in [3.63, 3.8) is 0 Å². The van der Waals surface area contributed by atoms with E-state index in [0.29, 0.717) is 44.9 Å². The molecule has 0 aromatic rings. The van der Waals surface area contributed by atoms with Crippen molar-refractivity contribution in [3.8, 4) is 0 Å². The average Bonchev–Trinajstić information content (AvgIpc) is 2.38. The topological polar surface area (TPSA) is 89.0 Å². The number of amides is 2. The van der Waals surface area contributed by atoms with Gasteiger partial charge in [0.15, 0.2) is 0 Å². The largest absolute Gasteiger partial charge is 0.376 e. The summed E-state index contributed by atoms with van der Waals surface area (Å²) in [5, 5.41) is 6.42. The van der Waals surface area contributed by atoms with Crippen molar-refractivity contribution in [3.05, 3.63) is 0 Å². The molecule has 0 aromatic heterocycles. The molecule has 7 nitrogen and oxygen atoms in total. The van der Waals surface area contributed by atoms with Crippen molar-refractivity contribution < 1.29 is 19.1 Å². The van der Waals surface area contributed by atoms with E-state index in [-0.39, 0.29) is 17.9 Å². The molecule has 1 unspecified atom stereocenters. The molecule has 7 heteroatoms. The molecule has 17 heavy (non-hydrogen) atoms. The summed E-state index contributed by atoms with van der Waals surface area (Å²) >= 11 is 0. The van der Waals surface area contributed by atoms with Gasteiger partial charge in [0.1, 0.15) is 5.71 Å². The number of nitrogens with one attached hydrogen (secondary N) is 2. The molecule has 0 aromatic carbocycles. The molecule has 0 radical (unpaired) electrons. The molecule has 2 aliphatic heterocycles. The highest BCUT2D eigenvalue weighted by molar-refractivity contribution is 6.39. The van der Waals surface area contributed by atoms with Crippen LogP contribution >= 0.6 is 0 Å². The van der Waals surface area contributed by atoms with Crippen LogP contribution in [0.3, 0.4) is 0 Å². The molecule has 0 saturated carbocycles. The van der Waals surface area contributed by atoms with E-state index in [1.165, 1.54) is 0 Å². The van der Waals surface area contributed by atoms with Crippen LogP contribution < -0.4 is 10.7 Å². The van der Waals surface area contributed by atoms with E-state index in [2.05, 4.69) is 15.8 Å². The Morgan fingerprint density at radius 1 is 1.47 bits per heavy atom. The van der Waals surface area contributed by atoms with Gasteiger partial charge in [-0.1, -0.05) is 0 Å². The Bertz CT molecular complexity index is 336. The minimum absolute atomic E-state index is 0.105. The lowest BCUT2D eigenvalue weighted by atomic mass is 10.1. The first-order valence-corrected chi connectivity index (χ1v) is 5.58. The lowest BCUT2D eigenvalue weighted by Gasteiger charge is -2.23. The number of hydrogen-bond acceptors (Lipinski definition) is 5. The Balaban J connectivity index is 1.75. The monoisotopic (exact) mass is 241 g/mol. The van der Waals surface area contributed by atoms with E-state index < -0.39 is 0 Å². The van der Waals surface area contributed by atoms with Gasteiger partial charge in [-0.25, -0.2) is 5.43 Å². The zero-order valence-electron chi connectivity index (χ0n) is 9.40. The van der Waals surface area contributed by atoms with E-state index in [4.69, 9.17) is 9.47 Å². The number of ether oxygens (including phenoxy) is 2. The standard InChI is InChI=1S/C10H15N3O4/c14-9-2-1-8(12-13-9)10(15)11-5-7-6-16-3-4-17-7/h7H,1-6H2,(H,11,15)(H,13,14). The summed E-state index contributed by atoms with van der Waals surface area (Å²) in [6.45, 7) is 2.04.